The van der Waals surface area contributed by atoms with Gasteiger partial charge in [0, 0.05) is 13.1 Å². The summed E-state index contributed by atoms with van der Waals surface area (Å²) in [5.41, 5.74) is -0.0713. The van der Waals surface area contributed by atoms with Crippen LogP contribution < -0.4 is 0 Å². The molecule has 5 aliphatic rings. The predicted molar refractivity (Wildman–Crippen MR) is 84.5 cm³/mol. The lowest BCUT2D eigenvalue weighted by molar-refractivity contribution is -0.178. The number of carbonyl (C=O) groups excluding carboxylic acids is 1. The number of ether oxygens (including phenoxy) is 1. The Balaban J connectivity index is 0.00000132. The zero-order valence-electron chi connectivity index (χ0n) is 13.1. The lowest BCUT2D eigenvalue weighted by atomic mass is 9.49. The molecule has 0 unspecified atom stereocenters. The van der Waals surface area contributed by atoms with Gasteiger partial charge in [-0.25, -0.2) is 0 Å². The van der Waals surface area contributed by atoms with E-state index >= 15 is 0 Å². The van der Waals surface area contributed by atoms with Gasteiger partial charge in [-0.3, -0.25) is 4.79 Å². The minimum absolute atomic E-state index is 0. The zero-order valence-corrected chi connectivity index (χ0v) is 13.9. The molecular formula is C17H28ClNO2. The Hall–Kier alpha value is -0.280. The van der Waals surface area contributed by atoms with Crippen molar-refractivity contribution in [2.75, 3.05) is 20.1 Å². The van der Waals surface area contributed by atoms with Crippen molar-refractivity contribution in [2.24, 2.45) is 23.2 Å². The molecule has 0 radical (unpaired) electrons. The second kappa shape index (κ2) is 5.73. The Morgan fingerprint density at radius 1 is 1.00 bits per heavy atom. The zero-order chi connectivity index (χ0) is 13.7. The van der Waals surface area contributed by atoms with Crippen molar-refractivity contribution in [3.63, 3.8) is 0 Å². The molecule has 5 fully saturated rings. The average molecular weight is 314 g/mol. The van der Waals surface area contributed by atoms with E-state index in [0.717, 1.165) is 62.9 Å². The van der Waals surface area contributed by atoms with Crippen molar-refractivity contribution in [3.05, 3.63) is 0 Å². The summed E-state index contributed by atoms with van der Waals surface area (Å²) in [6.07, 6.45) is 9.79. The number of nitrogens with zero attached hydrogens (tertiary/aromatic N) is 1. The number of halogens is 1. The Labute approximate surface area is 134 Å². The molecule has 0 amide bonds. The Kier molecular flexibility index (Phi) is 4.26. The minimum Gasteiger partial charge on any atom is -0.462 e. The molecule has 4 aliphatic carbocycles. The molecule has 0 aromatic heterocycles. The van der Waals surface area contributed by atoms with Gasteiger partial charge in [0.25, 0.3) is 0 Å². The molecule has 0 aromatic carbocycles. The number of esters is 1. The topological polar surface area (TPSA) is 29.5 Å². The summed E-state index contributed by atoms with van der Waals surface area (Å²) in [5.74, 6) is 2.65. The van der Waals surface area contributed by atoms with Gasteiger partial charge in [-0.2, -0.15) is 0 Å². The van der Waals surface area contributed by atoms with Crippen LogP contribution in [0.5, 0.6) is 0 Å². The molecule has 4 saturated carbocycles. The van der Waals surface area contributed by atoms with E-state index in [1.807, 2.05) is 0 Å². The van der Waals surface area contributed by atoms with Gasteiger partial charge in [0.15, 0.2) is 0 Å². The number of carbonyl (C=O) groups is 1. The monoisotopic (exact) mass is 313 g/mol. The third-order valence-corrected chi connectivity index (χ3v) is 6.41. The van der Waals surface area contributed by atoms with E-state index < -0.39 is 0 Å². The Bertz CT molecular complexity index is 368. The molecule has 1 saturated heterocycles. The maximum Gasteiger partial charge on any atom is 0.312 e. The third-order valence-electron chi connectivity index (χ3n) is 6.41. The lowest BCUT2D eigenvalue weighted by Crippen LogP contribution is -2.51. The number of hydrogen-bond acceptors (Lipinski definition) is 3. The van der Waals surface area contributed by atoms with Gasteiger partial charge in [-0.15, -0.1) is 12.4 Å². The van der Waals surface area contributed by atoms with Crippen LogP contribution in [0.3, 0.4) is 0 Å². The number of rotatable bonds is 2. The highest BCUT2D eigenvalue weighted by molar-refractivity contribution is 5.85. The smallest absolute Gasteiger partial charge is 0.312 e. The van der Waals surface area contributed by atoms with Crippen molar-refractivity contribution >= 4 is 18.4 Å². The Morgan fingerprint density at radius 2 is 1.48 bits per heavy atom. The van der Waals surface area contributed by atoms with Crippen molar-refractivity contribution in [1.29, 1.82) is 0 Å². The van der Waals surface area contributed by atoms with Crippen LogP contribution >= 0.6 is 12.4 Å². The van der Waals surface area contributed by atoms with Gasteiger partial charge >= 0.3 is 5.97 Å². The first-order chi connectivity index (χ1) is 9.63. The van der Waals surface area contributed by atoms with E-state index in [-0.39, 0.29) is 29.9 Å². The van der Waals surface area contributed by atoms with Crippen LogP contribution in [0.2, 0.25) is 0 Å². The van der Waals surface area contributed by atoms with Gasteiger partial charge in [0.2, 0.25) is 0 Å². The third kappa shape index (κ3) is 2.84. The predicted octanol–water partition coefficient (Wildman–Crippen LogP) is 3.26. The second-order valence-corrected chi connectivity index (χ2v) is 8.11. The standard InChI is InChI=1S/C17H27NO2.ClH/c1-18-4-2-15(3-5-18)20-16(19)17-9-12-6-13(10-17)8-14(7-12)11-17;/h12-15H,2-11H2,1H3;1H. The number of likely N-dealkylation sites (tertiary alicyclic amines) is 1. The van der Waals surface area contributed by atoms with Crippen LogP contribution in [-0.2, 0) is 9.53 Å². The van der Waals surface area contributed by atoms with Crippen molar-refractivity contribution in [3.8, 4) is 0 Å². The van der Waals surface area contributed by atoms with Crippen LogP contribution in [-0.4, -0.2) is 37.1 Å². The van der Waals surface area contributed by atoms with E-state index in [1.165, 1.54) is 19.3 Å². The fourth-order valence-electron chi connectivity index (χ4n) is 5.74. The quantitative estimate of drug-likeness (QED) is 0.733. The molecule has 0 aromatic rings. The van der Waals surface area contributed by atoms with Crippen LogP contribution in [0.4, 0.5) is 0 Å². The molecule has 3 nitrogen and oxygen atoms in total. The molecule has 0 spiro atoms. The maximum absolute atomic E-state index is 12.8. The van der Waals surface area contributed by atoms with E-state index in [1.54, 1.807) is 0 Å². The Morgan fingerprint density at radius 3 is 1.95 bits per heavy atom. The molecule has 120 valence electrons. The highest BCUT2D eigenvalue weighted by Gasteiger charge is 2.55. The summed E-state index contributed by atoms with van der Waals surface area (Å²) in [6.45, 7) is 2.14. The van der Waals surface area contributed by atoms with E-state index in [4.69, 9.17) is 4.74 Å². The summed E-state index contributed by atoms with van der Waals surface area (Å²) in [5, 5.41) is 0. The molecule has 21 heavy (non-hydrogen) atoms. The molecule has 1 heterocycles. The van der Waals surface area contributed by atoms with Crippen molar-refractivity contribution < 1.29 is 9.53 Å². The van der Waals surface area contributed by atoms with E-state index in [9.17, 15) is 4.79 Å². The molecule has 0 N–H and O–H groups in total. The first kappa shape index (κ1) is 15.6. The lowest BCUT2D eigenvalue weighted by Gasteiger charge is -2.55. The first-order valence-electron chi connectivity index (χ1n) is 8.53. The highest BCUT2D eigenvalue weighted by atomic mass is 35.5. The van der Waals surface area contributed by atoms with Crippen molar-refractivity contribution in [1.82, 2.24) is 4.90 Å². The van der Waals surface area contributed by atoms with Crippen LogP contribution in [0.15, 0.2) is 0 Å². The summed E-state index contributed by atoms with van der Waals surface area (Å²) >= 11 is 0. The van der Waals surface area contributed by atoms with Gasteiger partial charge in [0.1, 0.15) is 6.10 Å². The highest BCUT2D eigenvalue weighted by Crippen LogP contribution is 2.60. The molecule has 5 rings (SSSR count). The fraction of sp³-hybridized carbons (Fsp3) is 0.941. The molecule has 0 atom stereocenters. The van der Waals surface area contributed by atoms with Gasteiger partial charge in [0.05, 0.1) is 5.41 Å². The first-order valence-corrected chi connectivity index (χ1v) is 8.53. The second-order valence-electron chi connectivity index (χ2n) is 8.11. The van der Waals surface area contributed by atoms with Crippen LogP contribution in [0, 0.1) is 23.2 Å². The molecule has 1 aliphatic heterocycles. The number of hydrogen-bond donors (Lipinski definition) is 0. The van der Waals surface area contributed by atoms with E-state index in [0.29, 0.717) is 0 Å². The summed E-state index contributed by atoms with van der Waals surface area (Å²) < 4.78 is 5.96. The minimum atomic E-state index is -0.0713. The summed E-state index contributed by atoms with van der Waals surface area (Å²) in [6, 6.07) is 0. The SMILES string of the molecule is CN1CCC(OC(=O)C23CC4CC(CC(C4)C2)C3)CC1.Cl. The summed E-state index contributed by atoms with van der Waals surface area (Å²) in [4.78, 5) is 15.1. The summed E-state index contributed by atoms with van der Waals surface area (Å²) in [7, 11) is 2.15. The molecular weight excluding hydrogens is 286 g/mol. The van der Waals surface area contributed by atoms with Gasteiger partial charge < -0.3 is 9.64 Å². The average Bonchev–Trinajstić information content (AvgIpc) is 2.40. The normalized spacial score (nSPS) is 42.6. The number of piperidine rings is 1. The fourth-order valence-corrected chi connectivity index (χ4v) is 5.74. The van der Waals surface area contributed by atoms with Crippen molar-refractivity contribution in [2.45, 2.75) is 57.5 Å². The van der Waals surface area contributed by atoms with Gasteiger partial charge in [-0.05, 0) is 76.2 Å². The van der Waals surface area contributed by atoms with E-state index in [2.05, 4.69) is 11.9 Å². The molecule has 4 heteroatoms. The van der Waals surface area contributed by atoms with Gasteiger partial charge in [-0.1, -0.05) is 0 Å². The van der Waals surface area contributed by atoms with Crippen LogP contribution in [0.1, 0.15) is 51.4 Å². The molecule has 4 bridgehead atoms. The maximum atomic E-state index is 12.8. The largest absolute Gasteiger partial charge is 0.462 e. The van der Waals surface area contributed by atoms with Crippen LogP contribution in [0.25, 0.3) is 0 Å².